The maximum Gasteiger partial charge on any atom is 0.315 e. The predicted octanol–water partition coefficient (Wildman–Crippen LogP) is 2.08. The Bertz CT molecular complexity index is 484. The fraction of sp³-hybridized carbons (Fsp3) is 0.333. The highest BCUT2D eigenvalue weighted by Gasteiger charge is 2.07. The van der Waals surface area contributed by atoms with Gasteiger partial charge in [-0.15, -0.1) is 0 Å². The molecule has 0 aliphatic heterocycles. The number of aliphatic carboxylic acids is 1. The predicted molar refractivity (Wildman–Crippen MR) is 77.5 cm³/mol. The van der Waals surface area contributed by atoms with Gasteiger partial charge >= 0.3 is 12.0 Å². The van der Waals surface area contributed by atoms with Gasteiger partial charge < -0.3 is 15.7 Å². The van der Waals surface area contributed by atoms with Crippen molar-refractivity contribution in [2.24, 2.45) is 0 Å². The average molecular weight is 276 g/mol. The molecule has 0 heterocycles. The van der Waals surface area contributed by atoms with Crippen molar-refractivity contribution in [3.8, 4) is 0 Å². The van der Waals surface area contributed by atoms with Crippen LogP contribution in [-0.4, -0.2) is 23.7 Å². The molecular formula is C15H20N2O3. The smallest absolute Gasteiger partial charge is 0.315 e. The van der Waals surface area contributed by atoms with Crippen LogP contribution in [-0.2, 0) is 17.8 Å². The van der Waals surface area contributed by atoms with Gasteiger partial charge in [0.05, 0.1) is 6.42 Å². The maximum absolute atomic E-state index is 11.6. The molecule has 5 heteroatoms. The van der Waals surface area contributed by atoms with Crippen molar-refractivity contribution in [2.75, 3.05) is 6.54 Å². The van der Waals surface area contributed by atoms with Gasteiger partial charge in [-0.05, 0) is 24.5 Å². The molecule has 0 fully saturated rings. The summed E-state index contributed by atoms with van der Waals surface area (Å²) in [4.78, 5) is 22.3. The number of carbonyl (C=O) groups excluding carboxylic acids is 1. The number of carboxylic acids is 1. The summed E-state index contributed by atoms with van der Waals surface area (Å²) in [5.74, 6) is -0.881. The molecular weight excluding hydrogens is 256 g/mol. The highest BCUT2D eigenvalue weighted by Crippen LogP contribution is 2.09. The van der Waals surface area contributed by atoms with Crippen molar-refractivity contribution in [1.82, 2.24) is 10.6 Å². The van der Waals surface area contributed by atoms with Crippen LogP contribution in [0, 0.1) is 0 Å². The molecule has 0 aromatic heterocycles. The van der Waals surface area contributed by atoms with E-state index in [-0.39, 0.29) is 12.5 Å². The first-order valence-electron chi connectivity index (χ1n) is 6.55. The van der Waals surface area contributed by atoms with Crippen molar-refractivity contribution in [2.45, 2.75) is 26.3 Å². The molecule has 0 radical (unpaired) electrons. The molecule has 0 aliphatic carbocycles. The van der Waals surface area contributed by atoms with Gasteiger partial charge in [0.25, 0.3) is 0 Å². The molecule has 0 saturated heterocycles. The molecule has 5 nitrogen and oxygen atoms in total. The van der Waals surface area contributed by atoms with Crippen LogP contribution in [0.2, 0.25) is 0 Å². The van der Waals surface area contributed by atoms with Crippen molar-refractivity contribution in [3.63, 3.8) is 0 Å². The van der Waals surface area contributed by atoms with Crippen molar-refractivity contribution < 1.29 is 14.7 Å². The largest absolute Gasteiger partial charge is 0.481 e. The molecule has 20 heavy (non-hydrogen) atoms. The fourth-order valence-electron chi connectivity index (χ4n) is 1.74. The van der Waals surface area contributed by atoms with Crippen LogP contribution in [0.5, 0.6) is 0 Å². The van der Waals surface area contributed by atoms with E-state index in [1.54, 1.807) is 12.1 Å². The van der Waals surface area contributed by atoms with Crippen LogP contribution in [0.4, 0.5) is 4.79 Å². The number of nitrogens with one attached hydrogen (secondary N) is 2. The summed E-state index contributed by atoms with van der Waals surface area (Å²) in [5.41, 5.74) is 1.53. The fourth-order valence-corrected chi connectivity index (χ4v) is 1.74. The minimum Gasteiger partial charge on any atom is -0.481 e. The first-order chi connectivity index (χ1) is 9.63. The third-order valence-electron chi connectivity index (χ3n) is 2.73. The Hall–Kier alpha value is -2.30. The lowest BCUT2D eigenvalue weighted by Gasteiger charge is -2.10. The number of hydrogen-bond acceptors (Lipinski definition) is 2. The van der Waals surface area contributed by atoms with Gasteiger partial charge in [-0.2, -0.15) is 0 Å². The van der Waals surface area contributed by atoms with E-state index in [1.807, 2.05) is 31.2 Å². The number of amides is 2. The van der Waals surface area contributed by atoms with Crippen LogP contribution in [0.25, 0.3) is 0 Å². The summed E-state index contributed by atoms with van der Waals surface area (Å²) in [6.45, 7) is 2.82. The second-order valence-electron chi connectivity index (χ2n) is 4.31. The Balaban J connectivity index is 2.44. The van der Waals surface area contributed by atoms with Gasteiger partial charge in [0, 0.05) is 13.1 Å². The van der Waals surface area contributed by atoms with Gasteiger partial charge in [0.2, 0.25) is 0 Å². The number of rotatable bonds is 7. The molecule has 0 atom stereocenters. The van der Waals surface area contributed by atoms with E-state index in [9.17, 15) is 9.59 Å². The summed E-state index contributed by atoms with van der Waals surface area (Å²) >= 11 is 0. The molecule has 0 unspecified atom stereocenters. The highest BCUT2D eigenvalue weighted by atomic mass is 16.4. The normalized spacial score (nSPS) is 10.4. The van der Waals surface area contributed by atoms with Crippen molar-refractivity contribution in [1.29, 1.82) is 0 Å². The first-order valence-corrected chi connectivity index (χ1v) is 6.55. The Kier molecular flexibility index (Phi) is 6.89. The van der Waals surface area contributed by atoms with Gasteiger partial charge in [0.1, 0.15) is 0 Å². The number of benzene rings is 1. The van der Waals surface area contributed by atoms with Crippen LogP contribution >= 0.6 is 0 Å². The van der Waals surface area contributed by atoms with Crippen LogP contribution in [0.1, 0.15) is 24.5 Å². The van der Waals surface area contributed by atoms with Gasteiger partial charge in [-0.1, -0.05) is 36.4 Å². The van der Waals surface area contributed by atoms with E-state index in [2.05, 4.69) is 10.6 Å². The Morgan fingerprint density at radius 1 is 1.20 bits per heavy atom. The number of carboxylic acid groups (broad SMARTS) is 1. The summed E-state index contributed by atoms with van der Waals surface area (Å²) < 4.78 is 0. The quantitative estimate of drug-likeness (QED) is 0.527. The summed E-state index contributed by atoms with van der Waals surface area (Å²) in [5, 5.41) is 14.3. The first kappa shape index (κ1) is 15.8. The standard InChI is InChI=1S/C15H20N2O3/c1-2-3-6-9-16-15(20)17-11-13-8-5-4-7-12(13)10-14(18)19/h2-5,7-8H,6,9-11H2,1H3,(H,18,19)(H2,16,17,20)/b3-2+. The zero-order valence-corrected chi connectivity index (χ0v) is 11.6. The molecule has 1 rings (SSSR count). The Morgan fingerprint density at radius 2 is 1.90 bits per heavy atom. The zero-order valence-electron chi connectivity index (χ0n) is 11.6. The van der Waals surface area contributed by atoms with E-state index in [4.69, 9.17) is 5.11 Å². The van der Waals surface area contributed by atoms with E-state index < -0.39 is 5.97 Å². The number of urea groups is 1. The highest BCUT2D eigenvalue weighted by molar-refractivity contribution is 5.74. The van der Waals surface area contributed by atoms with Gasteiger partial charge in [-0.3, -0.25) is 4.79 Å². The molecule has 108 valence electrons. The summed E-state index contributed by atoms with van der Waals surface area (Å²) in [6.07, 6.45) is 4.66. The van der Waals surface area contributed by atoms with Crippen molar-refractivity contribution >= 4 is 12.0 Å². The number of carbonyl (C=O) groups is 2. The van der Waals surface area contributed by atoms with Crippen LogP contribution < -0.4 is 10.6 Å². The third kappa shape index (κ3) is 6.04. The third-order valence-corrected chi connectivity index (χ3v) is 2.73. The Morgan fingerprint density at radius 3 is 2.55 bits per heavy atom. The molecule has 1 aromatic rings. The minimum atomic E-state index is -0.881. The lowest BCUT2D eigenvalue weighted by molar-refractivity contribution is -0.136. The molecule has 2 amide bonds. The monoisotopic (exact) mass is 276 g/mol. The van der Waals surface area contributed by atoms with Crippen LogP contribution in [0.15, 0.2) is 36.4 Å². The average Bonchev–Trinajstić information content (AvgIpc) is 2.42. The molecule has 0 spiro atoms. The van der Waals surface area contributed by atoms with E-state index in [0.29, 0.717) is 18.7 Å². The molecule has 0 saturated carbocycles. The van der Waals surface area contributed by atoms with Gasteiger partial charge in [-0.25, -0.2) is 4.79 Å². The Labute approximate surface area is 118 Å². The van der Waals surface area contributed by atoms with E-state index in [0.717, 1.165) is 12.0 Å². The molecule has 1 aromatic carbocycles. The number of allylic oxidation sites excluding steroid dienone is 1. The topological polar surface area (TPSA) is 78.4 Å². The molecule has 0 aliphatic rings. The lowest BCUT2D eigenvalue weighted by atomic mass is 10.0. The molecule has 3 N–H and O–H groups in total. The zero-order chi connectivity index (χ0) is 14.8. The second-order valence-corrected chi connectivity index (χ2v) is 4.31. The van der Waals surface area contributed by atoms with Crippen molar-refractivity contribution in [3.05, 3.63) is 47.5 Å². The SMILES string of the molecule is C/C=C/CCNC(=O)NCc1ccccc1CC(=O)O. The minimum absolute atomic E-state index is 0.0409. The maximum atomic E-state index is 11.6. The molecule has 0 bridgehead atoms. The van der Waals surface area contributed by atoms with Crippen LogP contribution in [0.3, 0.4) is 0 Å². The number of hydrogen-bond donors (Lipinski definition) is 3. The van der Waals surface area contributed by atoms with E-state index >= 15 is 0 Å². The second kappa shape index (κ2) is 8.74. The summed E-state index contributed by atoms with van der Waals surface area (Å²) in [7, 11) is 0. The summed E-state index contributed by atoms with van der Waals surface area (Å²) in [6, 6.07) is 6.94. The van der Waals surface area contributed by atoms with E-state index in [1.165, 1.54) is 0 Å². The lowest BCUT2D eigenvalue weighted by Crippen LogP contribution is -2.35. The van der Waals surface area contributed by atoms with Gasteiger partial charge in [0.15, 0.2) is 0 Å².